The van der Waals surface area contributed by atoms with Gasteiger partial charge in [-0.3, -0.25) is 4.90 Å². The molecule has 2 aliphatic heterocycles. The highest BCUT2D eigenvalue weighted by atomic mass is 16.5. The lowest BCUT2D eigenvalue weighted by atomic mass is 10.00. The number of hydrogen-bond acceptors (Lipinski definition) is 3. The largest absolute Gasteiger partial charge is 0.377 e. The number of carbonyl (C=O) groups is 1. The normalized spacial score (nSPS) is 21.4. The van der Waals surface area contributed by atoms with Crippen molar-refractivity contribution in [1.29, 1.82) is 0 Å². The minimum atomic E-state index is 0.0526. The predicted octanol–water partition coefficient (Wildman–Crippen LogP) is 2.26. The number of nitrogens with one attached hydrogen (secondary N) is 1. The van der Waals surface area contributed by atoms with Crippen molar-refractivity contribution in [3.63, 3.8) is 0 Å². The van der Waals surface area contributed by atoms with Gasteiger partial charge in [0.1, 0.15) is 0 Å². The standard InChI is InChI=1S/C19H29N3O2/c1-2-24-18-8-5-11-22(15-18)19(23)20-10-13-21-12-9-16-6-3-4-7-17(16)14-21/h3-4,6-7,18H,2,5,8-15H2,1H3,(H,20,23). The highest BCUT2D eigenvalue weighted by Gasteiger charge is 2.23. The molecule has 1 saturated heterocycles. The molecule has 2 heterocycles. The molecular formula is C19H29N3O2. The fourth-order valence-electron chi connectivity index (χ4n) is 3.67. The number of nitrogens with zero attached hydrogens (tertiary/aromatic N) is 2. The van der Waals surface area contributed by atoms with Crippen molar-refractivity contribution in [3.8, 4) is 0 Å². The van der Waals surface area contributed by atoms with Gasteiger partial charge in [-0.2, -0.15) is 0 Å². The van der Waals surface area contributed by atoms with Crippen LogP contribution >= 0.6 is 0 Å². The van der Waals surface area contributed by atoms with E-state index in [1.807, 2.05) is 11.8 Å². The predicted molar refractivity (Wildman–Crippen MR) is 95.0 cm³/mol. The number of piperidine rings is 1. The second-order valence-electron chi connectivity index (χ2n) is 6.69. The van der Waals surface area contributed by atoms with Crippen LogP contribution in [0.2, 0.25) is 0 Å². The Hall–Kier alpha value is -1.59. The van der Waals surface area contributed by atoms with Crippen LogP contribution < -0.4 is 5.32 Å². The molecule has 5 heteroatoms. The molecule has 2 amide bonds. The second kappa shape index (κ2) is 8.49. The number of benzene rings is 1. The van der Waals surface area contributed by atoms with Gasteiger partial charge in [0, 0.05) is 45.9 Å². The molecule has 1 fully saturated rings. The number of hydrogen-bond donors (Lipinski definition) is 1. The van der Waals surface area contributed by atoms with Crippen molar-refractivity contribution < 1.29 is 9.53 Å². The van der Waals surface area contributed by atoms with Crippen LogP contribution in [0.5, 0.6) is 0 Å². The molecular weight excluding hydrogens is 302 g/mol. The fraction of sp³-hybridized carbons (Fsp3) is 0.632. The summed E-state index contributed by atoms with van der Waals surface area (Å²) in [5, 5.41) is 3.08. The quantitative estimate of drug-likeness (QED) is 0.900. The van der Waals surface area contributed by atoms with E-state index in [1.165, 1.54) is 11.1 Å². The third-order valence-corrected chi connectivity index (χ3v) is 4.98. The van der Waals surface area contributed by atoms with E-state index in [0.717, 1.165) is 58.6 Å². The Labute approximate surface area is 145 Å². The van der Waals surface area contributed by atoms with Crippen molar-refractivity contribution in [2.45, 2.75) is 38.8 Å². The zero-order valence-corrected chi connectivity index (χ0v) is 14.7. The molecule has 0 saturated carbocycles. The summed E-state index contributed by atoms with van der Waals surface area (Å²) in [6.45, 7) is 7.96. The number of rotatable bonds is 5. The Bertz CT molecular complexity index is 547. The minimum Gasteiger partial charge on any atom is -0.377 e. The smallest absolute Gasteiger partial charge is 0.317 e. The van der Waals surface area contributed by atoms with Crippen LogP contribution in [0, 0.1) is 0 Å². The molecule has 2 aliphatic rings. The van der Waals surface area contributed by atoms with Crippen LogP contribution in [0.4, 0.5) is 4.79 Å². The first-order chi connectivity index (χ1) is 11.8. The molecule has 5 nitrogen and oxygen atoms in total. The lowest BCUT2D eigenvalue weighted by molar-refractivity contribution is 0.0164. The van der Waals surface area contributed by atoms with Gasteiger partial charge in [-0.05, 0) is 37.3 Å². The Morgan fingerprint density at radius 2 is 2.12 bits per heavy atom. The van der Waals surface area contributed by atoms with Crippen molar-refractivity contribution in [2.24, 2.45) is 0 Å². The number of fused-ring (bicyclic) bond motifs is 1. The van der Waals surface area contributed by atoms with Crippen LogP contribution in [0.15, 0.2) is 24.3 Å². The molecule has 0 aliphatic carbocycles. The Balaban J connectivity index is 1.39. The Morgan fingerprint density at radius 1 is 1.29 bits per heavy atom. The molecule has 1 aromatic rings. The number of amides is 2. The number of urea groups is 1. The highest BCUT2D eigenvalue weighted by molar-refractivity contribution is 5.74. The molecule has 1 unspecified atom stereocenters. The topological polar surface area (TPSA) is 44.8 Å². The van der Waals surface area contributed by atoms with Gasteiger partial charge in [0.05, 0.1) is 6.10 Å². The molecule has 1 N–H and O–H groups in total. The van der Waals surface area contributed by atoms with Crippen LogP contribution in [0.3, 0.4) is 0 Å². The lowest BCUT2D eigenvalue weighted by Crippen LogP contribution is -2.49. The molecule has 1 aromatic carbocycles. The number of likely N-dealkylation sites (tertiary alicyclic amines) is 1. The first kappa shape index (κ1) is 17.2. The van der Waals surface area contributed by atoms with E-state index in [2.05, 4.69) is 34.5 Å². The summed E-state index contributed by atoms with van der Waals surface area (Å²) in [5.74, 6) is 0. The summed E-state index contributed by atoms with van der Waals surface area (Å²) in [7, 11) is 0. The highest BCUT2D eigenvalue weighted by Crippen LogP contribution is 2.18. The van der Waals surface area contributed by atoms with Gasteiger partial charge in [-0.25, -0.2) is 4.79 Å². The third-order valence-electron chi connectivity index (χ3n) is 4.98. The first-order valence-corrected chi connectivity index (χ1v) is 9.19. The maximum atomic E-state index is 12.3. The Morgan fingerprint density at radius 3 is 2.96 bits per heavy atom. The van der Waals surface area contributed by atoms with E-state index in [0.29, 0.717) is 6.54 Å². The van der Waals surface area contributed by atoms with Gasteiger partial charge >= 0.3 is 6.03 Å². The zero-order valence-electron chi connectivity index (χ0n) is 14.7. The number of carbonyl (C=O) groups excluding carboxylic acids is 1. The van der Waals surface area contributed by atoms with E-state index in [9.17, 15) is 4.79 Å². The molecule has 0 bridgehead atoms. The molecule has 3 rings (SSSR count). The van der Waals surface area contributed by atoms with E-state index in [4.69, 9.17) is 4.74 Å². The van der Waals surface area contributed by atoms with Crippen molar-refractivity contribution in [1.82, 2.24) is 15.1 Å². The van der Waals surface area contributed by atoms with Gasteiger partial charge in [-0.15, -0.1) is 0 Å². The third kappa shape index (κ3) is 4.48. The van der Waals surface area contributed by atoms with E-state index in [-0.39, 0.29) is 12.1 Å². The fourth-order valence-corrected chi connectivity index (χ4v) is 3.67. The van der Waals surface area contributed by atoms with Crippen molar-refractivity contribution in [3.05, 3.63) is 35.4 Å². The van der Waals surface area contributed by atoms with Gasteiger partial charge in [0.15, 0.2) is 0 Å². The monoisotopic (exact) mass is 331 g/mol. The van der Waals surface area contributed by atoms with Gasteiger partial charge in [-0.1, -0.05) is 24.3 Å². The summed E-state index contributed by atoms with van der Waals surface area (Å²) in [4.78, 5) is 16.6. The molecule has 0 aromatic heterocycles. The maximum Gasteiger partial charge on any atom is 0.317 e. The molecule has 1 atom stereocenters. The van der Waals surface area contributed by atoms with E-state index < -0.39 is 0 Å². The molecule has 0 radical (unpaired) electrons. The summed E-state index contributed by atoms with van der Waals surface area (Å²) in [6.07, 6.45) is 3.39. The average molecular weight is 331 g/mol. The van der Waals surface area contributed by atoms with Crippen molar-refractivity contribution in [2.75, 3.05) is 39.3 Å². The number of ether oxygens (including phenoxy) is 1. The van der Waals surface area contributed by atoms with Crippen LogP contribution in [-0.2, 0) is 17.7 Å². The second-order valence-corrected chi connectivity index (χ2v) is 6.69. The molecule has 24 heavy (non-hydrogen) atoms. The summed E-state index contributed by atoms with van der Waals surface area (Å²) < 4.78 is 5.67. The van der Waals surface area contributed by atoms with Crippen LogP contribution in [0.25, 0.3) is 0 Å². The maximum absolute atomic E-state index is 12.3. The summed E-state index contributed by atoms with van der Waals surface area (Å²) in [5.41, 5.74) is 2.89. The zero-order chi connectivity index (χ0) is 16.8. The van der Waals surface area contributed by atoms with Crippen molar-refractivity contribution >= 4 is 6.03 Å². The average Bonchev–Trinajstić information content (AvgIpc) is 2.62. The Kier molecular flexibility index (Phi) is 6.10. The van der Waals surface area contributed by atoms with E-state index in [1.54, 1.807) is 0 Å². The van der Waals surface area contributed by atoms with E-state index >= 15 is 0 Å². The summed E-state index contributed by atoms with van der Waals surface area (Å²) in [6, 6.07) is 8.70. The van der Waals surface area contributed by atoms with Gasteiger partial charge in [0.25, 0.3) is 0 Å². The van der Waals surface area contributed by atoms with Gasteiger partial charge < -0.3 is 15.0 Å². The molecule has 132 valence electrons. The SMILES string of the molecule is CCOC1CCCN(C(=O)NCCN2CCc3ccccc3C2)C1. The minimum absolute atomic E-state index is 0.0526. The van der Waals surface area contributed by atoms with Crippen LogP contribution in [-0.4, -0.2) is 61.3 Å². The van der Waals surface area contributed by atoms with Crippen LogP contribution in [0.1, 0.15) is 30.9 Å². The van der Waals surface area contributed by atoms with Gasteiger partial charge in [0.2, 0.25) is 0 Å². The molecule has 0 spiro atoms. The first-order valence-electron chi connectivity index (χ1n) is 9.19. The lowest BCUT2D eigenvalue weighted by Gasteiger charge is -2.33. The summed E-state index contributed by atoms with van der Waals surface area (Å²) >= 11 is 0.